The van der Waals surface area contributed by atoms with Crippen LogP contribution in [0, 0.1) is 5.92 Å². The Morgan fingerprint density at radius 1 is 1.56 bits per heavy atom. The summed E-state index contributed by atoms with van der Waals surface area (Å²) in [4.78, 5) is 22.6. The number of aromatic carboxylic acids is 1. The van der Waals surface area contributed by atoms with E-state index in [1.54, 1.807) is 5.38 Å². The summed E-state index contributed by atoms with van der Waals surface area (Å²) < 4.78 is 0. The van der Waals surface area contributed by atoms with E-state index in [-0.39, 0.29) is 17.6 Å². The predicted molar refractivity (Wildman–Crippen MR) is 70.2 cm³/mol. The molecule has 1 aliphatic carbocycles. The van der Waals surface area contributed by atoms with E-state index in [1.807, 2.05) is 6.92 Å². The van der Waals surface area contributed by atoms with Gasteiger partial charge in [0.05, 0.1) is 5.56 Å². The minimum atomic E-state index is -1.03. The maximum Gasteiger partial charge on any atom is 0.338 e. The van der Waals surface area contributed by atoms with Crippen LogP contribution >= 0.6 is 11.3 Å². The number of thiophene rings is 1. The summed E-state index contributed by atoms with van der Waals surface area (Å²) >= 11 is 1.21. The van der Waals surface area contributed by atoms with Crippen molar-refractivity contribution in [2.45, 2.75) is 32.2 Å². The fourth-order valence-electron chi connectivity index (χ4n) is 1.85. The molecule has 98 valence electrons. The third kappa shape index (κ3) is 3.46. The summed E-state index contributed by atoms with van der Waals surface area (Å²) in [5.41, 5.74) is 0.130. The molecule has 1 unspecified atom stereocenters. The quantitative estimate of drug-likeness (QED) is 0.768. The van der Waals surface area contributed by atoms with Crippen LogP contribution in [0.3, 0.4) is 0 Å². The first kappa shape index (κ1) is 12.9. The lowest BCUT2D eigenvalue weighted by Crippen LogP contribution is -2.36. The molecule has 0 bridgehead atoms. The summed E-state index contributed by atoms with van der Waals surface area (Å²) in [5, 5.41) is 16.3. The van der Waals surface area contributed by atoms with Gasteiger partial charge in [-0.15, -0.1) is 11.3 Å². The van der Waals surface area contributed by atoms with Gasteiger partial charge in [-0.05, 0) is 30.7 Å². The molecule has 1 aromatic rings. The van der Waals surface area contributed by atoms with Gasteiger partial charge in [-0.2, -0.15) is 0 Å². The predicted octanol–water partition coefficient (Wildman–Crippen LogP) is 2.76. The minimum absolute atomic E-state index is 0.116. The largest absolute Gasteiger partial charge is 0.478 e. The summed E-state index contributed by atoms with van der Waals surface area (Å²) in [7, 11) is 0. The number of anilines is 1. The molecule has 2 rings (SSSR count). The highest BCUT2D eigenvalue weighted by atomic mass is 32.1. The molecule has 1 saturated carbocycles. The summed E-state index contributed by atoms with van der Waals surface area (Å²) in [6, 6.07) is 1.26. The number of rotatable bonds is 5. The number of carbonyl (C=O) groups is 2. The first-order valence-electron chi connectivity index (χ1n) is 5.94. The molecule has 18 heavy (non-hydrogen) atoms. The van der Waals surface area contributed by atoms with Gasteiger partial charge >= 0.3 is 12.0 Å². The van der Waals surface area contributed by atoms with Crippen molar-refractivity contribution >= 4 is 28.3 Å². The van der Waals surface area contributed by atoms with Crippen molar-refractivity contribution in [2.75, 3.05) is 5.32 Å². The van der Waals surface area contributed by atoms with Gasteiger partial charge in [-0.3, -0.25) is 5.32 Å². The lowest BCUT2D eigenvalue weighted by molar-refractivity contribution is 0.0698. The highest BCUT2D eigenvalue weighted by Gasteiger charge is 2.24. The monoisotopic (exact) mass is 268 g/mol. The highest BCUT2D eigenvalue weighted by Crippen LogP contribution is 2.33. The average Bonchev–Trinajstić information content (AvgIpc) is 2.94. The molecule has 0 aromatic carbocycles. The zero-order valence-electron chi connectivity index (χ0n) is 10.1. The molecule has 3 N–H and O–H groups in total. The standard InChI is InChI=1S/C12H16N2O3S/c1-7(6-8-2-3-8)13-12(17)14-10-9(11(15)16)4-5-18-10/h4-5,7-8H,2-3,6H2,1H3,(H,15,16)(H2,13,14,17). The fraction of sp³-hybridized carbons (Fsp3) is 0.500. The van der Waals surface area contributed by atoms with E-state index in [2.05, 4.69) is 10.6 Å². The number of hydrogen-bond donors (Lipinski definition) is 3. The smallest absolute Gasteiger partial charge is 0.338 e. The Hall–Kier alpha value is -1.56. The normalized spacial score (nSPS) is 16.1. The summed E-state index contributed by atoms with van der Waals surface area (Å²) in [5.74, 6) is -0.283. The maximum atomic E-state index is 11.7. The Kier molecular flexibility index (Phi) is 3.86. The number of urea groups is 1. The average molecular weight is 268 g/mol. The molecule has 0 saturated heterocycles. The Bertz CT molecular complexity index is 454. The molecular formula is C12H16N2O3S. The van der Waals surface area contributed by atoms with E-state index in [1.165, 1.54) is 30.2 Å². The van der Waals surface area contributed by atoms with Crippen LogP contribution in [-0.4, -0.2) is 23.1 Å². The second-order valence-corrected chi connectivity index (χ2v) is 5.56. The van der Waals surface area contributed by atoms with Gasteiger partial charge in [-0.25, -0.2) is 9.59 Å². The van der Waals surface area contributed by atoms with Crippen LogP contribution in [0.1, 0.15) is 36.5 Å². The third-order valence-corrected chi connectivity index (χ3v) is 3.71. The maximum absolute atomic E-state index is 11.7. The molecule has 2 amide bonds. The molecular weight excluding hydrogens is 252 g/mol. The number of nitrogens with one attached hydrogen (secondary N) is 2. The van der Waals surface area contributed by atoms with Crippen LogP contribution in [0.2, 0.25) is 0 Å². The Labute approximate surface area is 109 Å². The van der Waals surface area contributed by atoms with Gasteiger partial charge < -0.3 is 10.4 Å². The summed E-state index contributed by atoms with van der Waals surface area (Å²) in [6.07, 6.45) is 3.49. The van der Waals surface area contributed by atoms with Crippen molar-refractivity contribution in [3.63, 3.8) is 0 Å². The van der Waals surface area contributed by atoms with E-state index in [4.69, 9.17) is 5.11 Å². The SMILES string of the molecule is CC(CC1CC1)NC(=O)Nc1sccc1C(=O)O. The first-order valence-corrected chi connectivity index (χ1v) is 6.82. The third-order valence-electron chi connectivity index (χ3n) is 2.88. The second-order valence-electron chi connectivity index (χ2n) is 4.65. The molecule has 0 aliphatic heterocycles. The fourth-order valence-corrected chi connectivity index (χ4v) is 2.62. The van der Waals surface area contributed by atoms with Gasteiger partial charge in [0, 0.05) is 6.04 Å². The van der Waals surface area contributed by atoms with Gasteiger partial charge in [-0.1, -0.05) is 12.8 Å². The van der Waals surface area contributed by atoms with Crippen LogP contribution < -0.4 is 10.6 Å². The molecule has 1 aromatic heterocycles. The molecule has 1 heterocycles. The molecule has 0 spiro atoms. The van der Waals surface area contributed by atoms with E-state index < -0.39 is 5.97 Å². The van der Waals surface area contributed by atoms with E-state index in [9.17, 15) is 9.59 Å². The number of carbonyl (C=O) groups excluding carboxylic acids is 1. The van der Waals surface area contributed by atoms with Crippen molar-refractivity contribution in [3.8, 4) is 0 Å². The Balaban J connectivity index is 1.85. The Morgan fingerprint density at radius 2 is 2.28 bits per heavy atom. The zero-order chi connectivity index (χ0) is 13.1. The lowest BCUT2D eigenvalue weighted by atomic mass is 10.2. The van der Waals surface area contributed by atoms with Gasteiger partial charge in [0.2, 0.25) is 0 Å². The minimum Gasteiger partial charge on any atom is -0.478 e. The molecule has 1 fully saturated rings. The van der Waals surface area contributed by atoms with Crippen molar-refractivity contribution in [3.05, 3.63) is 17.0 Å². The van der Waals surface area contributed by atoms with E-state index in [0.717, 1.165) is 12.3 Å². The van der Waals surface area contributed by atoms with E-state index >= 15 is 0 Å². The number of carboxylic acid groups (broad SMARTS) is 1. The van der Waals surface area contributed by atoms with Crippen molar-refractivity contribution < 1.29 is 14.7 Å². The number of carboxylic acids is 1. The van der Waals surface area contributed by atoms with Crippen molar-refractivity contribution in [1.82, 2.24) is 5.32 Å². The van der Waals surface area contributed by atoms with Crippen LogP contribution in [0.15, 0.2) is 11.4 Å². The van der Waals surface area contributed by atoms with Crippen LogP contribution in [-0.2, 0) is 0 Å². The molecule has 6 heteroatoms. The van der Waals surface area contributed by atoms with Gasteiger partial charge in [0.25, 0.3) is 0 Å². The van der Waals surface area contributed by atoms with Crippen LogP contribution in [0.5, 0.6) is 0 Å². The Morgan fingerprint density at radius 3 is 2.89 bits per heavy atom. The second kappa shape index (κ2) is 5.39. The van der Waals surface area contributed by atoms with E-state index in [0.29, 0.717) is 5.00 Å². The number of hydrogen-bond acceptors (Lipinski definition) is 3. The first-order chi connectivity index (χ1) is 8.56. The highest BCUT2D eigenvalue weighted by molar-refractivity contribution is 7.14. The molecule has 5 nitrogen and oxygen atoms in total. The molecule has 1 atom stereocenters. The summed E-state index contributed by atoms with van der Waals surface area (Å²) in [6.45, 7) is 1.96. The molecule has 0 radical (unpaired) electrons. The van der Waals surface area contributed by atoms with Crippen molar-refractivity contribution in [1.29, 1.82) is 0 Å². The number of amides is 2. The zero-order valence-corrected chi connectivity index (χ0v) is 10.9. The van der Waals surface area contributed by atoms with Crippen LogP contribution in [0.4, 0.5) is 9.80 Å². The molecule has 1 aliphatic rings. The van der Waals surface area contributed by atoms with Gasteiger partial charge in [0.15, 0.2) is 0 Å². The van der Waals surface area contributed by atoms with Crippen molar-refractivity contribution in [2.24, 2.45) is 5.92 Å². The lowest BCUT2D eigenvalue weighted by Gasteiger charge is -2.13. The van der Waals surface area contributed by atoms with Gasteiger partial charge in [0.1, 0.15) is 5.00 Å². The topological polar surface area (TPSA) is 78.4 Å². The van der Waals surface area contributed by atoms with Crippen LogP contribution in [0.25, 0.3) is 0 Å².